The van der Waals surface area contributed by atoms with Gasteiger partial charge in [0, 0.05) is 6.20 Å². The lowest BCUT2D eigenvalue weighted by Crippen LogP contribution is -2.19. The number of aromatic nitrogens is 1. The molecule has 0 amide bonds. The molecule has 1 heterocycles. The number of nitrogens with two attached hydrogens (primary N) is 1. The third-order valence-electron chi connectivity index (χ3n) is 1.88. The van der Waals surface area contributed by atoms with Crippen LogP contribution in [-0.2, 0) is 6.18 Å². The van der Waals surface area contributed by atoms with E-state index in [2.05, 4.69) is 4.98 Å². The molecular weight excluding hydrogens is 251 g/mol. The molecule has 0 radical (unpaired) electrons. The number of carboxylic acids is 1. The van der Waals surface area contributed by atoms with Gasteiger partial charge in [-0.1, -0.05) is 0 Å². The Labute approximate surface area is 90.9 Å². The van der Waals surface area contributed by atoms with E-state index in [1.807, 2.05) is 0 Å². The highest BCUT2D eigenvalue weighted by Crippen LogP contribution is 2.40. The molecule has 1 aromatic heterocycles. The zero-order chi connectivity index (χ0) is 13.4. The fourth-order valence-electron chi connectivity index (χ4n) is 1.23. The maximum Gasteiger partial charge on any atom is 0.417 e. The molecule has 17 heavy (non-hydrogen) atoms. The maximum atomic E-state index is 12.5. The van der Waals surface area contributed by atoms with E-state index >= 15 is 0 Å². The average molecular weight is 256 g/mol. The first kappa shape index (κ1) is 13.1. The van der Waals surface area contributed by atoms with Crippen LogP contribution in [0.4, 0.5) is 27.8 Å². The molecule has 0 atom stereocenters. The van der Waals surface area contributed by atoms with Crippen LogP contribution in [-0.4, -0.2) is 16.1 Å². The van der Waals surface area contributed by atoms with Gasteiger partial charge < -0.3 is 10.8 Å². The summed E-state index contributed by atoms with van der Waals surface area (Å²) in [5.41, 5.74) is -0.0341. The number of carbonyl (C=O) groups is 1. The number of alkyl halides is 5. The minimum atomic E-state index is -5.25. The summed E-state index contributed by atoms with van der Waals surface area (Å²) in [6.45, 7) is 0. The van der Waals surface area contributed by atoms with E-state index in [-0.39, 0.29) is 0 Å². The van der Waals surface area contributed by atoms with E-state index in [0.29, 0.717) is 6.20 Å². The third-order valence-corrected chi connectivity index (χ3v) is 1.88. The fraction of sp³-hybridized carbons (Fsp3) is 0.250. The molecule has 1 rings (SSSR count). The summed E-state index contributed by atoms with van der Waals surface area (Å²) in [7, 11) is 0. The summed E-state index contributed by atoms with van der Waals surface area (Å²) < 4.78 is 62.5. The molecule has 0 saturated carbocycles. The molecule has 0 fully saturated rings. The number of hydrogen-bond acceptors (Lipinski definition) is 3. The van der Waals surface area contributed by atoms with Gasteiger partial charge in [-0.3, -0.25) is 0 Å². The first-order valence-electron chi connectivity index (χ1n) is 4.03. The highest BCUT2D eigenvalue weighted by molar-refractivity contribution is 5.90. The number of anilines is 1. The van der Waals surface area contributed by atoms with Gasteiger partial charge in [0.2, 0.25) is 0 Å². The van der Waals surface area contributed by atoms with Crippen LogP contribution in [0.3, 0.4) is 0 Å². The minimum Gasteiger partial charge on any atom is -0.478 e. The molecular formula is C8H5F5N2O2. The van der Waals surface area contributed by atoms with E-state index in [4.69, 9.17) is 10.8 Å². The first-order chi connectivity index (χ1) is 7.66. The van der Waals surface area contributed by atoms with Gasteiger partial charge in [0.1, 0.15) is 5.82 Å². The molecule has 0 unspecified atom stereocenters. The number of aromatic carboxylic acids is 1. The van der Waals surface area contributed by atoms with Crippen LogP contribution in [0, 0.1) is 0 Å². The summed E-state index contributed by atoms with van der Waals surface area (Å²) in [5, 5.41) is 8.50. The van der Waals surface area contributed by atoms with E-state index < -0.39 is 41.1 Å². The highest BCUT2D eigenvalue weighted by atomic mass is 19.4. The number of halogens is 5. The van der Waals surface area contributed by atoms with Crippen molar-refractivity contribution in [3.63, 3.8) is 0 Å². The predicted octanol–water partition coefficient (Wildman–Crippen LogP) is 2.32. The van der Waals surface area contributed by atoms with Crippen LogP contribution in [0.5, 0.6) is 0 Å². The Kier molecular flexibility index (Phi) is 3.21. The summed E-state index contributed by atoms with van der Waals surface area (Å²) in [6, 6.07) is 0. The maximum absolute atomic E-state index is 12.5. The van der Waals surface area contributed by atoms with Crippen molar-refractivity contribution in [1.82, 2.24) is 4.98 Å². The van der Waals surface area contributed by atoms with Gasteiger partial charge in [0.15, 0.2) is 0 Å². The van der Waals surface area contributed by atoms with E-state index in [1.54, 1.807) is 0 Å². The van der Waals surface area contributed by atoms with Gasteiger partial charge >= 0.3 is 12.1 Å². The zero-order valence-electron chi connectivity index (χ0n) is 7.92. The van der Waals surface area contributed by atoms with Crippen molar-refractivity contribution in [2.75, 3.05) is 5.73 Å². The van der Waals surface area contributed by atoms with Crippen LogP contribution in [0.2, 0.25) is 0 Å². The first-order valence-corrected chi connectivity index (χ1v) is 4.03. The van der Waals surface area contributed by atoms with Gasteiger partial charge in [-0.2, -0.15) is 13.2 Å². The van der Waals surface area contributed by atoms with Crippen LogP contribution >= 0.6 is 0 Å². The summed E-state index contributed by atoms with van der Waals surface area (Å²) in [6.07, 6.45) is -8.53. The molecule has 0 aliphatic heterocycles. The van der Waals surface area contributed by atoms with Crippen LogP contribution < -0.4 is 5.73 Å². The van der Waals surface area contributed by atoms with Gasteiger partial charge in [0.25, 0.3) is 6.43 Å². The Hall–Kier alpha value is -1.93. The molecule has 0 aliphatic rings. The monoisotopic (exact) mass is 256 g/mol. The molecule has 0 spiro atoms. The van der Waals surface area contributed by atoms with Crippen molar-refractivity contribution in [1.29, 1.82) is 0 Å². The minimum absolute atomic E-state index is 0.298. The molecule has 0 saturated heterocycles. The number of carboxylic acid groups (broad SMARTS) is 1. The Morgan fingerprint density at radius 1 is 1.41 bits per heavy atom. The number of hydrogen-bond donors (Lipinski definition) is 2. The van der Waals surface area contributed by atoms with Crippen LogP contribution in [0.1, 0.15) is 27.9 Å². The second kappa shape index (κ2) is 4.15. The van der Waals surface area contributed by atoms with Gasteiger partial charge in [-0.25, -0.2) is 18.6 Å². The highest BCUT2D eigenvalue weighted by Gasteiger charge is 2.41. The van der Waals surface area contributed by atoms with Crippen molar-refractivity contribution < 1.29 is 31.9 Å². The summed E-state index contributed by atoms with van der Waals surface area (Å²) in [5.74, 6) is -3.05. The molecule has 1 aromatic rings. The SMILES string of the molecule is Nc1ncc(C(=O)O)c(C(F)(F)F)c1C(F)F. The smallest absolute Gasteiger partial charge is 0.417 e. The summed E-state index contributed by atoms with van der Waals surface area (Å²) in [4.78, 5) is 13.5. The van der Waals surface area contributed by atoms with Gasteiger partial charge in [-0.15, -0.1) is 0 Å². The molecule has 0 aliphatic carbocycles. The zero-order valence-corrected chi connectivity index (χ0v) is 7.92. The van der Waals surface area contributed by atoms with Crippen molar-refractivity contribution in [2.24, 2.45) is 0 Å². The standard InChI is InChI=1S/C8H5F5N2O2/c9-5(10)3-4(8(11,12)13)2(7(16)17)1-15-6(3)14/h1,5H,(H2,14,15)(H,16,17). The number of rotatable bonds is 2. The number of nitrogen functional groups attached to an aromatic ring is 1. The lowest BCUT2D eigenvalue weighted by Gasteiger charge is -2.15. The normalized spacial score (nSPS) is 11.9. The van der Waals surface area contributed by atoms with Crippen molar-refractivity contribution in [3.8, 4) is 0 Å². The molecule has 9 heteroatoms. The van der Waals surface area contributed by atoms with Crippen molar-refractivity contribution in [2.45, 2.75) is 12.6 Å². The Morgan fingerprint density at radius 2 is 1.94 bits per heavy atom. The molecule has 0 bridgehead atoms. The second-order valence-electron chi connectivity index (χ2n) is 2.95. The lowest BCUT2D eigenvalue weighted by atomic mass is 10.0. The van der Waals surface area contributed by atoms with Crippen molar-refractivity contribution in [3.05, 3.63) is 22.9 Å². The number of nitrogens with zero attached hydrogens (tertiary/aromatic N) is 1. The fourth-order valence-corrected chi connectivity index (χ4v) is 1.23. The number of pyridine rings is 1. The largest absolute Gasteiger partial charge is 0.478 e. The molecule has 4 nitrogen and oxygen atoms in total. The Balaban J connectivity index is 3.68. The topological polar surface area (TPSA) is 76.2 Å². The second-order valence-corrected chi connectivity index (χ2v) is 2.95. The molecule has 94 valence electrons. The quantitative estimate of drug-likeness (QED) is 0.796. The predicted molar refractivity (Wildman–Crippen MR) is 45.6 cm³/mol. The van der Waals surface area contributed by atoms with Crippen LogP contribution in [0.15, 0.2) is 6.20 Å². The van der Waals surface area contributed by atoms with E-state index in [1.165, 1.54) is 0 Å². The van der Waals surface area contributed by atoms with E-state index in [0.717, 1.165) is 0 Å². The third kappa shape index (κ3) is 2.43. The summed E-state index contributed by atoms with van der Waals surface area (Å²) >= 11 is 0. The van der Waals surface area contributed by atoms with Crippen LogP contribution in [0.25, 0.3) is 0 Å². The Morgan fingerprint density at radius 3 is 2.29 bits per heavy atom. The van der Waals surface area contributed by atoms with Gasteiger partial charge in [0.05, 0.1) is 16.7 Å². The molecule has 0 aromatic carbocycles. The molecule has 3 N–H and O–H groups in total. The average Bonchev–Trinajstić information content (AvgIpc) is 2.14. The van der Waals surface area contributed by atoms with Gasteiger partial charge in [-0.05, 0) is 0 Å². The van der Waals surface area contributed by atoms with Crippen molar-refractivity contribution >= 4 is 11.8 Å². The lowest BCUT2D eigenvalue weighted by molar-refractivity contribution is -0.140. The Bertz CT molecular complexity index is 458. The van der Waals surface area contributed by atoms with E-state index in [9.17, 15) is 26.7 Å².